The molecule has 0 radical (unpaired) electrons. The monoisotopic (exact) mass is 1320 g/mol. The predicted molar refractivity (Wildman–Crippen MR) is 315 cm³/mol. The van der Waals surface area contributed by atoms with Crippen molar-refractivity contribution in [2.75, 3.05) is 19.8 Å². The predicted octanol–water partition coefficient (Wildman–Crippen LogP) is 5.49. The molecule has 4 unspecified atom stereocenters. The molecule has 9 fully saturated rings. The second kappa shape index (κ2) is 27.3. The summed E-state index contributed by atoms with van der Waals surface area (Å²) in [5, 5.41) is 12.5. The van der Waals surface area contributed by atoms with Crippen molar-refractivity contribution in [1.82, 2.24) is 0 Å². The van der Waals surface area contributed by atoms with Crippen molar-refractivity contribution in [1.29, 1.82) is 0 Å². The number of allylic oxidation sites excluding steroid dienone is 1. The zero-order chi connectivity index (χ0) is 68.4. The molecule has 9 aliphatic rings. The fraction of sp³-hybridized carbons (Fsp3) is 0.833. The van der Waals surface area contributed by atoms with Gasteiger partial charge in [0, 0.05) is 86.5 Å². The normalized spacial score (nSPS) is 43.6. The first kappa shape index (κ1) is 71.9. The van der Waals surface area contributed by atoms with E-state index in [1.54, 1.807) is 0 Å². The van der Waals surface area contributed by atoms with Crippen molar-refractivity contribution in [3.8, 4) is 0 Å². The van der Waals surface area contributed by atoms with Gasteiger partial charge in [0.05, 0.1) is 30.5 Å². The lowest BCUT2D eigenvalue weighted by atomic mass is 9.35. The van der Waals surface area contributed by atoms with E-state index < -0.39 is 182 Å². The van der Waals surface area contributed by atoms with E-state index in [1.165, 1.54) is 6.92 Å². The Balaban J connectivity index is 1.14. The van der Waals surface area contributed by atoms with Crippen LogP contribution in [0, 0.1) is 45.3 Å². The van der Waals surface area contributed by atoms with E-state index in [4.69, 9.17) is 80.5 Å². The molecule has 5 aliphatic heterocycles. The van der Waals surface area contributed by atoms with Crippen molar-refractivity contribution < 1.29 is 129 Å². The SMILES string of the molecule is CC(=O)OC[C@H]1O[C@@H](O[C@@H]2[C@@H](O[C@@H]3O[C@@H](C)[C@H](OC(C)=O)[C@@H](OC(C)=O)[C@H]3OC(C)=O)[C@H](O[C@H]3CC[C@@]4(C)C(CC[C@]5(C)[C@@H]4CCC4C6C(C)(O)C[C@H](C=C(C)C)O[C@@]67C[C@]45CO7)C3(C)C)O[C@H](COC(C)=O)[C@H]2OC(C)=O)[C@H](OC(C)=O)[C@@H](OC(C)=O)[C@@H]1OC(C)=O. The van der Waals surface area contributed by atoms with Crippen LogP contribution in [0.2, 0.25) is 0 Å². The molecular formula is C66H96O27. The number of fused-ring (bicyclic) bond motifs is 4. The van der Waals surface area contributed by atoms with Gasteiger partial charge in [-0.1, -0.05) is 39.3 Å². The first-order valence-corrected chi connectivity index (χ1v) is 32.5. The van der Waals surface area contributed by atoms with Gasteiger partial charge in [0.25, 0.3) is 0 Å². The number of hydrogen-bond donors (Lipinski definition) is 1. The van der Waals surface area contributed by atoms with E-state index in [9.17, 15) is 48.3 Å². The molecule has 26 atom stereocenters. The summed E-state index contributed by atoms with van der Waals surface area (Å²) in [6.07, 6.45) is -18.6. The molecule has 2 bridgehead atoms. The first-order valence-electron chi connectivity index (χ1n) is 32.5. The molecule has 27 nitrogen and oxygen atoms in total. The summed E-state index contributed by atoms with van der Waals surface area (Å²) in [5.41, 5.74) is -1.45. The first-order chi connectivity index (χ1) is 43.4. The summed E-state index contributed by atoms with van der Waals surface area (Å²) in [7, 11) is 0. The molecular weight excluding hydrogens is 1220 g/mol. The minimum absolute atomic E-state index is 0.00647. The summed E-state index contributed by atoms with van der Waals surface area (Å²) in [6, 6.07) is 0. The highest BCUT2D eigenvalue weighted by Crippen LogP contribution is 2.80. The molecule has 5 saturated heterocycles. The van der Waals surface area contributed by atoms with Crippen LogP contribution in [0.3, 0.4) is 0 Å². The van der Waals surface area contributed by atoms with Crippen LogP contribution in [0.1, 0.15) is 169 Å². The minimum atomic E-state index is -2.00. The number of esters is 9. The number of aliphatic hydroxyl groups is 1. The lowest BCUT2D eigenvalue weighted by Crippen LogP contribution is -2.69. The smallest absolute Gasteiger partial charge is 0.303 e. The number of ether oxygens (including phenoxy) is 17. The Morgan fingerprint density at radius 1 is 0.495 bits per heavy atom. The Labute approximate surface area is 542 Å². The summed E-state index contributed by atoms with van der Waals surface area (Å²) in [5.74, 6) is -8.75. The van der Waals surface area contributed by atoms with Crippen LogP contribution in [0.25, 0.3) is 0 Å². The third-order valence-corrected chi connectivity index (χ3v) is 21.6. The highest BCUT2D eigenvalue weighted by molar-refractivity contribution is 5.70. The number of carbonyl (C=O) groups excluding carboxylic acids is 9. The summed E-state index contributed by atoms with van der Waals surface area (Å²) >= 11 is 0. The molecule has 1 N–H and O–H groups in total. The second-order valence-corrected chi connectivity index (χ2v) is 28.7. The van der Waals surface area contributed by atoms with Gasteiger partial charge in [0.1, 0.15) is 37.6 Å². The third-order valence-electron chi connectivity index (χ3n) is 21.6. The molecule has 2 spiro atoms. The molecule has 0 amide bonds. The van der Waals surface area contributed by atoms with Crippen LogP contribution in [-0.2, 0) is 124 Å². The Bertz CT molecular complexity index is 2890. The van der Waals surface area contributed by atoms with Crippen LogP contribution >= 0.6 is 0 Å². The molecule has 4 saturated carbocycles. The fourth-order valence-electron chi connectivity index (χ4n) is 18.6. The van der Waals surface area contributed by atoms with Gasteiger partial charge < -0.3 is 85.6 Å². The van der Waals surface area contributed by atoms with E-state index in [0.29, 0.717) is 32.3 Å². The molecule has 522 valence electrons. The van der Waals surface area contributed by atoms with Gasteiger partial charge in [-0.2, -0.15) is 0 Å². The zero-order valence-electron chi connectivity index (χ0n) is 56.5. The largest absolute Gasteiger partial charge is 0.463 e. The van der Waals surface area contributed by atoms with Crippen molar-refractivity contribution in [2.24, 2.45) is 45.3 Å². The van der Waals surface area contributed by atoms with Gasteiger partial charge in [0.2, 0.25) is 0 Å². The lowest BCUT2D eigenvalue weighted by molar-refractivity contribution is -0.398. The maximum Gasteiger partial charge on any atom is 0.303 e. The molecule has 9 rings (SSSR count). The van der Waals surface area contributed by atoms with Crippen molar-refractivity contribution >= 4 is 53.7 Å². The van der Waals surface area contributed by atoms with Crippen LogP contribution in [-0.4, -0.2) is 194 Å². The highest BCUT2D eigenvalue weighted by atomic mass is 16.8. The Kier molecular flexibility index (Phi) is 21.1. The molecule has 4 aliphatic carbocycles. The van der Waals surface area contributed by atoms with E-state index in [0.717, 1.165) is 93.6 Å². The van der Waals surface area contributed by atoms with E-state index in [1.807, 2.05) is 20.8 Å². The zero-order valence-corrected chi connectivity index (χ0v) is 56.5. The Morgan fingerprint density at radius 3 is 1.47 bits per heavy atom. The molecule has 0 aromatic heterocycles. The third kappa shape index (κ3) is 14.1. The number of carbonyl (C=O) groups is 9. The molecule has 0 aromatic rings. The van der Waals surface area contributed by atoms with Gasteiger partial charge >= 0.3 is 53.7 Å². The molecule has 27 heteroatoms. The Morgan fingerprint density at radius 2 is 0.957 bits per heavy atom. The van der Waals surface area contributed by atoms with E-state index >= 15 is 0 Å². The minimum Gasteiger partial charge on any atom is -0.463 e. The second-order valence-electron chi connectivity index (χ2n) is 28.7. The average molecular weight is 1320 g/mol. The van der Waals surface area contributed by atoms with Crippen molar-refractivity contribution in [3.05, 3.63) is 11.6 Å². The fourth-order valence-corrected chi connectivity index (χ4v) is 18.6. The van der Waals surface area contributed by atoms with E-state index in [2.05, 4.69) is 33.8 Å². The van der Waals surface area contributed by atoms with E-state index in [-0.39, 0.29) is 46.0 Å². The summed E-state index contributed by atoms with van der Waals surface area (Å²) < 4.78 is 107. The van der Waals surface area contributed by atoms with Crippen LogP contribution < -0.4 is 0 Å². The van der Waals surface area contributed by atoms with Crippen molar-refractivity contribution in [3.63, 3.8) is 0 Å². The molecule has 0 aromatic carbocycles. The molecule has 93 heavy (non-hydrogen) atoms. The van der Waals surface area contributed by atoms with Gasteiger partial charge in [0.15, 0.2) is 67.4 Å². The molecule has 5 heterocycles. The maximum atomic E-state index is 13.6. The van der Waals surface area contributed by atoms with Gasteiger partial charge in [-0.15, -0.1) is 0 Å². The summed E-state index contributed by atoms with van der Waals surface area (Å²) in [6.45, 7) is 25.6. The van der Waals surface area contributed by atoms with Crippen LogP contribution in [0.15, 0.2) is 11.6 Å². The average Bonchev–Trinajstić information content (AvgIpc) is 1.51. The standard InChI is InChI=1S/C66H96O27/c1-30(2)24-41-25-64(17,76)57-42-18-19-46-62(15)22-21-47(61(13,14)45(62)20-23-63(46,16)65(42)28-66(57,93-41)79-29-65)90-59-56(92-58-54(86-39(11)74)51(84-37(9)72)48(31(3)80-58)81-34(6)69)53(50(83-36(8)71)44(88-59)27-78-33(5)68)91-60-55(87-40(12)75)52(85-38(10)73)49(82-35(7)70)43(89-60)26-77-32(4)67/h24,31,41-60,76H,18-23,25-29H2,1-17H3/t31-,41-,42?,43+,44+,45?,46+,47-,48-,49+,50+,51+,52-,53-,54+,55+,56+,57?,58-,59-,60-,62-,63+,64?,65-,66-/m0/s1. The number of hydrogen-bond acceptors (Lipinski definition) is 27. The van der Waals surface area contributed by atoms with Crippen LogP contribution in [0.5, 0.6) is 0 Å². The Hall–Kier alpha value is -5.39. The number of rotatable bonds is 18. The summed E-state index contributed by atoms with van der Waals surface area (Å²) in [4.78, 5) is 117. The topological polar surface area (TPSA) is 331 Å². The quantitative estimate of drug-likeness (QED) is 0.0767. The van der Waals surface area contributed by atoms with Crippen LogP contribution in [0.4, 0.5) is 0 Å². The maximum absolute atomic E-state index is 13.6. The lowest BCUT2D eigenvalue weighted by Gasteiger charge is -2.70. The van der Waals surface area contributed by atoms with Gasteiger partial charge in [-0.3, -0.25) is 43.2 Å². The highest BCUT2D eigenvalue weighted by Gasteiger charge is 2.81. The van der Waals surface area contributed by atoms with Gasteiger partial charge in [-0.05, 0) is 100 Å². The van der Waals surface area contributed by atoms with Crippen molar-refractivity contribution in [2.45, 2.75) is 285 Å². The van der Waals surface area contributed by atoms with Gasteiger partial charge in [-0.25, -0.2) is 0 Å².